The predicted octanol–water partition coefficient (Wildman–Crippen LogP) is 1.14. The summed E-state index contributed by atoms with van der Waals surface area (Å²) in [6.07, 6.45) is 4.91. The summed E-state index contributed by atoms with van der Waals surface area (Å²) in [4.78, 5) is 37.2. The van der Waals surface area contributed by atoms with Gasteiger partial charge in [-0.1, -0.05) is 25.0 Å². The maximum absolute atomic E-state index is 12.0. The van der Waals surface area contributed by atoms with E-state index in [1.807, 2.05) is 0 Å². The van der Waals surface area contributed by atoms with E-state index in [2.05, 4.69) is 10.9 Å². The van der Waals surface area contributed by atoms with E-state index in [1.165, 1.54) is 17.7 Å². The molecule has 2 aliphatic rings. The number of benzene rings is 1. The maximum atomic E-state index is 12.0. The van der Waals surface area contributed by atoms with Crippen LogP contribution in [0.15, 0.2) is 24.3 Å². The van der Waals surface area contributed by atoms with Crippen molar-refractivity contribution in [2.75, 3.05) is 18.1 Å². The van der Waals surface area contributed by atoms with Crippen LogP contribution in [0.1, 0.15) is 32.1 Å². The van der Waals surface area contributed by atoms with E-state index in [1.54, 1.807) is 24.3 Å². The van der Waals surface area contributed by atoms with Crippen LogP contribution in [-0.4, -0.2) is 30.9 Å². The number of hydrogen-bond donors (Lipinski definition) is 2. The highest BCUT2D eigenvalue weighted by Crippen LogP contribution is 2.31. The quantitative estimate of drug-likeness (QED) is 0.810. The lowest BCUT2D eigenvalue weighted by Crippen LogP contribution is -2.49. The van der Waals surface area contributed by atoms with Crippen molar-refractivity contribution in [1.82, 2.24) is 10.9 Å². The topological polar surface area (TPSA) is 87.7 Å². The summed E-state index contributed by atoms with van der Waals surface area (Å²) in [6, 6.07) is 7.04. The largest absolute Gasteiger partial charge is 0.482 e. The third-order valence-electron chi connectivity index (χ3n) is 4.40. The highest BCUT2D eigenvalue weighted by Gasteiger charge is 2.27. The third kappa shape index (κ3) is 3.84. The molecule has 1 heterocycles. The molecule has 0 spiro atoms. The molecule has 1 fully saturated rings. The molecule has 2 N–H and O–H groups in total. The number of nitrogens with one attached hydrogen (secondary N) is 2. The summed E-state index contributed by atoms with van der Waals surface area (Å²) in [6.45, 7) is -0.263. The Morgan fingerprint density at radius 1 is 1.12 bits per heavy atom. The number of para-hydroxylation sites is 2. The molecular formula is C17H21N3O4. The Morgan fingerprint density at radius 3 is 2.62 bits per heavy atom. The molecule has 1 aromatic carbocycles. The average Bonchev–Trinajstić information content (AvgIpc) is 3.08. The van der Waals surface area contributed by atoms with Crippen molar-refractivity contribution in [3.63, 3.8) is 0 Å². The van der Waals surface area contributed by atoms with Crippen LogP contribution in [0.25, 0.3) is 0 Å². The fraction of sp³-hybridized carbons (Fsp3) is 0.471. The molecule has 3 amide bonds. The summed E-state index contributed by atoms with van der Waals surface area (Å²) in [5, 5.41) is 0. The van der Waals surface area contributed by atoms with Crippen molar-refractivity contribution in [2.24, 2.45) is 5.92 Å². The van der Waals surface area contributed by atoms with Gasteiger partial charge in [0, 0.05) is 6.42 Å². The Bertz CT molecular complexity index is 640. The lowest BCUT2D eigenvalue weighted by Gasteiger charge is -2.28. The first kappa shape index (κ1) is 16.3. The van der Waals surface area contributed by atoms with Gasteiger partial charge in [0.15, 0.2) is 6.61 Å². The molecule has 0 aromatic heterocycles. The summed E-state index contributed by atoms with van der Waals surface area (Å²) in [7, 11) is 0. The van der Waals surface area contributed by atoms with Gasteiger partial charge in [0.25, 0.3) is 11.8 Å². The van der Waals surface area contributed by atoms with Crippen LogP contribution in [-0.2, 0) is 14.4 Å². The Morgan fingerprint density at radius 2 is 1.83 bits per heavy atom. The van der Waals surface area contributed by atoms with E-state index in [-0.39, 0.29) is 25.0 Å². The number of rotatable bonds is 4. The van der Waals surface area contributed by atoms with Gasteiger partial charge >= 0.3 is 0 Å². The highest BCUT2D eigenvalue weighted by molar-refractivity contribution is 6.02. The molecule has 24 heavy (non-hydrogen) atoms. The molecule has 0 atom stereocenters. The fourth-order valence-corrected chi connectivity index (χ4v) is 3.18. The summed E-state index contributed by atoms with van der Waals surface area (Å²) >= 11 is 0. The molecule has 0 unspecified atom stereocenters. The second kappa shape index (κ2) is 7.33. The summed E-state index contributed by atoms with van der Waals surface area (Å²) in [5.41, 5.74) is 5.37. The van der Waals surface area contributed by atoms with Crippen LogP contribution in [0.4, 0.5) is 5.69 Å². The summed E-state index contributed by atoms with van der Waals surface area (Å²) < 4.78 is 5.33. The zero-order chi connectivity index (χ0) is 16.9. The molecule has 128 valence electrons. The number of nitrogens with zero attached hydrogens (tertiary/aromatic N) is 1. The zero-order valence-electron chi connectivity index (χ0n) is 13.4. The predicted molar refractivity (Wildman–Crippen MR) is 87.2 cm³/mol. The first-order chi connectivity index (χ1) is 11.6. The van der Waals surface area contributed by atoms with Crippen molar-refractivity contribution >= 4 is 23.4 Å². The lowest BCUT2D eigenvalue weighted by atomic mass is 10.0. The minimum atomic E-state index is -0.445. The zero-order valence-corrected chi connectivity index (χ0v) is 13.4. The van der Waals surface area contributed by atoms with Gasteiger partial charge in [-0.2, -0.15) is 0 Å². The van der Waals surface area contributed by atoms with Crippen molar-refractivity contribution in [1.29, 1.82) is 0 Å². The third-order valence-corrected chi connectivity index (χ3v) is 4.40. The van der Waals surface area contributed by atoms with Gasteiger partial charge in [-0.3, -0.25) is 30.1 Å². The molecule has 7 nitrogen and oxygen atoms in total. The van der Waals surface area contributed by atoms with Gasteiger partial charge in [0.1, 0.15) is 12.3 Å². The van der Waals surface area contributed by atoms with Crippen LogP contribution in [0, 0.1) is 5.92 Å². The first-order valence-corrected chi connectivity index (χ1v) is 8.23. The number of carbonyl (C=O) groups is 3. The molecule has 1 aromatic rings. The van der Waals surface area contributed by atoms with Gasteiger partial charge in [-0.15, -0.1) is 0 Å². The highest BCUT2D eigenvalue weighted by atomic mass is 16.5. The molecule has 0 radical (unpaired) electrons. The van der Waals surface area contributed by atoms with Crippen LogP contribution in [0.2, 0.25) is 0 Å². The van der Waals surface area contributed by atoms with E-state index in [4.69, 9.17) is 4.74 Å². The SMILES string of the molecule is O=C(CC1CCCC1)NNC(=O)CN1C(=O)COc2ccccc21. The van der Waals surface area contributed by atoms with Gasteiger partial charge in [-0.25, -0.2) is 0 Å². The van der Waals surface area contributed by atoms with Crippen molar-refractivity contribution in [3.05, 3.63) is 24.3 Å². The number of ether oxygens (including phenoxy) is 1. The fourth-order valence-electron chi connectivity index (χ4n) is 3.18. The van der Waals surface area contributed by atoms with Crippen molar-refractivity contribution < 1.29 is 19.1 Å². The Labute approximate surface area is 140 Å². The van der Waals surface area contributed by atoms with Crippen LogP contribution in [0.5, 0.6) is 5.75 Å². The number of anilines is 1. The standard InChI is InChI=1S/C17H21N3O4/c21-15(9-12-5-1-2-6-12)18-19-16(22)10-20-13-7-3-4-8-14(13)24-11-17(20)23/h3-4,7-8,12H,1-2,5-6,9-11H2,(H,18,21)(H,19,22). The van der Waals surface area contributed by atoms with E-state index >= 15 is 0 Å². The minimum Gasteiger partial charge on any atom is -0.482 e. The van der Waals surface area contributed by atoms with E-state index < -0.39 is 5.91 Å². The number of carbonyl (C=O) groups excluding carboxylic acids is 3. The monoisotopic (exact) mass is 331 g/mol. The second-order valence-electron chi connectivity index (χ2n) is 6.19. The minimum absolute atomic E-state index is 0.0989. The van der Waals surface area contributed by atoms with Crippen LogP contribution >= 0.6 is 0 Å². The molecular weight excluding hydrogens is 310 g/mol. The molecule has 3 rings (SSSR count). The molecule has 0 saturated heterocycles. The second-order valence-corrected chi connectivity index (χ2v) is 6.19. The molecule has 1 aliphatic heterocycles. The molecule has 1 aliphatic carbocycles. The summed E-state index contributed by atoms with van der Waals surface area (Å²) in [5.74, 6) is 0.0506. The molecule has 0 bridgehead atoms. The Hall–Kier alpha value is -2.57. The molecule has 7 heteroatoms. The average molecular weight is 331 g/mol. The van der Waals surface area contributed by atoms with Crippen LogP contribution < -0.4 is 20.5 Å². The number of hydrazine groups is 1. The van der Waals surface area contributed by atoms with Gasteiger partial charge in [0.2, 0.25) is 5.91 Å². The van der Waals surface area contributed by atoms with E-state index in [9.17, 15) is 14.4 Å². The number of fused-ring (bicyclic) bond motifs is 1. The van der Waals surface area contributed by atoms with Gasteiger partial charge < -0.3 is 4.74 Å². The van der Waals surface area contributed by atoms with Crippen molar-refractivity contribution in [2.45, 2.75) is 32.1 Å². The Kier molecular flexibility index (Phi) is 4.98. The van der Waals surface area contributed by atoms with E-state index in [0.29, 0.717) is 23.8 Å². The van der Waals surface area contributed by atoms with E-state index in [0.717, 1.165) is 12.8 Å². The first-order valence-electron chi connectivity index (χ1n) is 8.23. The number of amides is 3. The van der Waals surface area contributed by atoms with Gasteiger partial charge in [-0.05, 0) is 30.9 Å². The normalized spacial score (nSPS) is 17.2. The maximum Gasteiger partial charge on any atom is 0.265 e. The molecule has 1 saturated carbocycles. The van der Waals surface area contributed by atoms with Crippen molar-refractivity contribution in [3.8, 4) is 5.75 Å². The van der Waals surface area contributed by atoms with Crippen LogP contribution in [0.3, 0.4) is 0 Å². The Balaban J connectivity index is 1.51. The van der Waals surface area contributed by atoms with Gasteiger partial charge in [0.05, 0.1) is 5.69 Å². The number of hydrogen-bond acceptors (Lipinski definition) is 4. The lowest BCUT2D eigenvalue weighted by molar-refractivity contribution is -0.129. The smallest absolute Gasteiger partial charge is 0.265 e.